The van der Waals surface area contributed by atoms with E-state index in [-0.39, 0.29) is 10.8 Å². The fourth-order valence-corrected chi connectivity index (χ4v) is 2.18. The molecule has 0 fully saturated rings. The number of nitrogens with one attached hydrogen (secondary N) is 1. The van der Waals surface area contributed by atoms with Crippen LogP contribution >= 0.6 is 11.6 Å². The normalized spacial score (nSPS) is 10.7. The fourth-order valence-electron chi connectivity index (χ4n) is 2.05. The molecule has 5 nitrogen and oxygen atoms in total. The SMILES string of the molecule is CNc1cccc(-n2c(=O)ccc3cnc(Cl)nc32)c1. The molecule has 100 valence electrons. The quantitative estimate of drug-likeness (QED) is 0.735. The zero-order valence-electron chi connectivity index (χ0n) is 10.7. The van der Waals surface area contributed by atoms with E-state index in [2.05, 4.69) is 15.3 Å². The second-order valence-corrected chi connectivity index (χ2v) is 4.56. The van der Waals surface area contributed by atoms with Gasteiger partial charge < -0.3 is 5.32 Å². The van der Waals surface area contributed by atoms with E-state index in [0.717, 1.165) is 16.8 Å². The summed E-state index contributed by atoms with van der Waals surface area (Å²) in [5, 5.41) is 3.91. The van der Waals surface area contributed by atoms with Crippen LogP contribution in [-0.4, -0.2) is 21.6 Å². The van der Waals surface area contributed by atoms with Crippen molar-refractivity contribution in [1.29, 1.82) is 0 Å². The highest BCUT2D eigenvalue weighted by Gasteiger charge is 2.08. The van der Waals surface area contributed by atoms with Crippen molar-refractivity contribution in [3.05, 3.63) is 58.2 Å². The Labute approximate surface area is 119 Å². The van der Waals surface area contributed by atoms with E-state index in [1.165, 1.54) is 10.6 Å². The number of halogens is 1. The summed E-state index contributed by atoms with van der Waals surface area (Å²) in [7, 11) is 1.82. The zero-order chi connectivity index (χ0) is 14.1. The summed E-state index contributed by atoms with van der Waals surface area (Å²) in [5.74, 6) is 0. The lowest BCUT2D eigenvalue weighted by molar-refractivity contribution is 1.00. The number of hydrogen-bond acceptors (Lipinski definition) is 4. The Morgan fingerprint density at radius 1 is 1.25 bits per heavy atom. The van der Waals surface area contributed by atoms with Gasteiger partial charge in [-0.2, -0.15) is 4.98 Å². The summed E-state index contributed by atoms with van der Waals surface area (Å²) in [6.07, 6.45) is 1.60. The third-order valence-corrected chi connectivity index (χ3v) is 3.18. The minimum Gasteiger partial charge on any atom is -0.388 e. The predicted molar refractivity (Wildman–Crippen MR) is 79.7 cm³/mol. The van der Waals surface area contributed by atoms with Crippen LogP contribution in [0.5, 0.6) is 0 Å². The molecule has 20 heavy (non-hydrogen) atoms. The third-order valence-electron chi connectivity index (χ3n) is 3.00. The van der Waals surface area contributed by atoms with Gasteiger partial charge >= 0.3 is 0 Å². The summed E-state index contributed by atoms with van der Waals surface area (Å²) in [5.41, 5.74) is 1.96. The van der Waals surface area contributed by atoms with E-state index >= 15 is 0 Å². The number of benzene rings is 1. The van der Waals surface area contributed by atoms with Crippen LogP contribution in [0.25, 0.3) is 16.7 Å². The highest BCUT2D eigenvalue weighted by Crippen LogP contribution is 2.18. The Kier molecular flexibility index (Phi) is 3.12. The first-order valence-corrected chi connectivity index (χ1v) is 6.39. The van der Waals surface area contributed by atoms with Crippen molar-refractivity contribution in [2.75, 3.05) is 12.4 Å². The molecule has 1 N–H and O–H groups in total. The molecule has 2 aromatic heterocycles. The van der Waals surface area contributed by atoms with Gasteiger partial charge in [0.2, 0.25) is 5.28 Å². The third kappa shape index (κ3) is 2.12. The van der Waals surface area contributed by atoms with Crippen LogP contribution < -0.4 is 10.9 Å². The minimum atomic E-state index is -0.166. The average molecular weight is 287 g/mol. The number of hydrogen-bond donors (Lipinski definition) is 1. The van der Waals surface area contributed by atoms with Crippen molar-refractivity contribution in [2.45, 2.75) is 0 Å². The maximum Gasteiger partial charge on any atom is 0.256 e. The second-order valence-electron chi connectivity index (χ2n) is 4.23. The van der Waals surface area contributed by atoms with Crippen LogP contribution in [0.2, 0.25) is 5.28 Å². The van der Waals surface area contributed by atoms with E-state index in [1.807, 2.05) is 31.3 Å². The molecule has 2 heterocycles. The average Bonchev–Trinajstić information content (AvgIpc) is 2.47. The van der Waals surface area contributed by atoms with Crippen molar-refractivity contribution in [3.8, 4) is 5.69 Å². The molecule has 6 heteroatoms. The van der Waals surface area contributed by atoms with Gasteiger partial charge in [-0.05, 0) is 35.9 Å². The molecule has 0 aliphatic carbocycles. The molecule has 1 aromatic carbocycles. The van der Waals surface area contributed by atoms with Gasteiger partial charge in [-0.1, -0.05) is 6.07 Å². The summed E-state index contributed by atoms with van der Waals surface area (Å²) in [6.45, 7) is 0. The van der Waals surface area contributed by atoms with Crippen molar-refractivity contribution in [2.24, 2.45) is 0 Å². The largest absolute Gasteiger partial charge is 0.388 e. The molecule has 0 spiro atoms. The van der Waals surface area contributed by atoms with Gasteiger partial charge in [0.1, 0.15) is 0 Å². The standard InChI is InChI=1S/C14H11ClN4O/c1-16-10-3-2-4-11(7-10)19-12(20)6-5-9-8-17-14(15)18-13(9)19/h2-8,16H,1H3. The Bertz CT molecular complexity index is 844. The topological polar surface area (TPSA) is 59.8 Å². The molecule has 3 aromatic rings. The Hall–Kier alpha value is -2.40. The van der Waals surface area contributed by atoms with Gasteiger partial charge in [0.15, 0.2) is 5.65 Å². The smallest absolute Gasteiger partial charge is 0.256 e. The van der Waals surface area contributed by atoms with E-state index in [9.17, 15) is 4.79 Å². The van der Waals surface area contributed by atoms with Crippen LogP contribution in [0.3, 0.4) is 0 Å². The monoisotopic (exact) mass is 286 g/mol. The summed E-state index contributed by atoms with van der Waals surface area (Å²) in [6, 6.07) is 10.7. The summed E-state index contributed by atoms with van der Waals surface area (Å²) < 4.78 is 1.52. The van der Waals surface area contributed by atoms with Crippen molar-refractivity contribution < 1.29 is 0 Å². The summed E-state index contributed by atoms with van der Waals surface area (Å²) >= 11 is 5.84. The number of fused-ring (bicyclic) bond motifs is 1. The Balaban J connectivity index is 2.36. The Morgan fingerprint density at radius 2 is 2.10 bits per heavy atom. The molecule has 0 saturated carbocycles. The maximum absolute atomic E-state index is 12.2. The lowest BCUT2D eigenvalue weighted by atomic mass is 10.2. The molecule has 0 aliphatic rings. The van der Waals surface area contributed by atoms with Gasteiger partial charge in [-0.25, -0.2) is 4.98 Å². The highest BCUT2D eigenvalue weighted by molar-refractivity contribution is 6.28. The van der Waals surface area contributed by atoms with Gasteiger partial charge in [0.05, 0.1) is 5.69 Å². The molecule has 0 saturated heterocycles. The van der Waals surface area contributed by atoms with E-state index in [1.54, 1.807) is 12.3 Å². The Morgan fingerprint density at radius 3 is 2.90 bits per heavy atom. The van der Waals surface area contributed by atoms with Crippen molar-refractivity contribution >= 4 is 28.3 Å². The van der Waals surface area contributed by atoms with E-state index in [0.29, 0.717) is 5.65 Å². The van der Waals surface area contributed by atoms with Gasteiger partial charge in [-0.3, -0.25) is 9.36 Å². The molecule has 0 atom stereocenters. The number of rotatable bonds is 2. The first kappa shape index (κ1) is 12.6. The van der Waals surface area contributed by atoms with Crippen LogP contribution in [0.15, 0.2) is 47.4 Å². The molecule has 0 aliphatic heterocycles. The highest BCUT2D eigenvalue weighted by atomic mass is 35.5. The minimum absolute atomic E-state index is 0.113. The molecular weight excluding hydrogens is 276 g/mol. The van der Waals surface area contributed by atoms with Gasteiger partial charge in [0, 0.05) is 30.4 Å². The molecule has 0 radical (unpaired) electrons. The van der Waals surface area contributed by atoms with Crippen molar-refractivity contribution in [1.82, 2.24) is 14.5 Å². The molecular formula is C14H11ClN4O. The lowest BCUT2D eigenvalue weighted by Gasteiger charge is -2.10. The van der Waals surface area contributed by atoms with Crippen LogP contribution in [0.4, 0.5) is 5.69 Å². The summed E-state index contributed by atoms with van der Waals surface area (Å²) in [4.78, 5) is 20.3. The molecule has 0 amide bonds. The number of nitrogens with zero attached hydrogens (tertiary/aromatic N) is 3. The molecule has 0 bridgehead atoms. The number of anilines is 1. The predicted octanol–water partition coefficient (Wildman–Crippen LogP) is 2.48. The fraction of sp³-hybridized carbons (Fsp3) is 0.0714. The van der Waals surface area contributed by atoms with Crippen LogP contribution in [0.1, 0.15) is 0 Å². The lowest BCUT2D eigenvalue weighted by Crippen LogP contribution is -2.18. The van der Waals surface area contributed by atoms with Crippen LogP contribution in [-0.2, 0) is 0 Å². The molecule has 3 rings (SSSR count). The number of aromatic nitrogens is 3. The first-order valence-electron chi connectivity index (χ1n) is 6.01. The maximum atomic E-state index is 12.2. The van der Waals surface area contributed by atoms with Crippen molar-refractivity contribution in [3.63, 3.8) is 0 Å². The second kappa shape index (κ2) is 4.94. The van der Waals surface area contributed by atoms with E-state index in [4.69, 9.17) is 11.6 Å². The van der Waals surface area contributed by atoms with Gasteiger partial charge in [0.25, 0.3) is 5.56 Å². The molecule has 0 unspecified atom stereocenters. The number of pyridine rings is 1. The first-order chi connectivity index (χ1) is 9.69. The van der Waals surface area contributed by atoms with E-state index < -0.39 is 0 Å². The zero-order valence-corrected chi connectivity index (χ0v) is 11.4. The van der Waals surface area contributed by atoms with Crippen LogP contribution in [0, 0.1) is 0 Å². The van der Waals surface area contributed by atoms with Gasteiger partial charge in [-0.15, -0.1) is 0 Å².